The summed E-state index contributed by atoms with van der Waals surface area (Å²) in [5.74, 6) is 1.78. The minimum Gasteiger partial charge on any atom is -0.469 e. The van der Waals surface area contributed by atoms with E-state index < -0.39 is 0 Å². The van der Waals surface area contributed by atoms with E-state index in [1.54, 1.807) is 0 Å². The lowest BCUT2D eigenvalue weighted by Crippen LogP contribution is -2.02. The maximum Gasteiger partial charge on any atom is 0.305 e. The Morgan fingerprint density at radius 2 is 2.07 bits per heavy atom. The van der Waals surface area contributed by atoms with Crippen LogP contribution in [0.1, 0.15) is 51.9 Å². The van der Waals surface area contributed by atoms with Crippen LogP contribution in [0.3, 0.4) is 0 Å². The summed E-state index contributed by atoms with van der Waals surface area (Å²) >= 11 is 0. The first-order valence-corrected chi connectivity index (χ1v) is 5.83. The highest BCUT2D eigenvalue weighted by atomic mass is 16.5. The van der Waals surface area contributed by atoms with Gasteiger partial charge in [-0.3, -0.25) is 4.79 Å². The molecule has 1 rings (SSSR count). The van der Waals surface area contributed by atoms with Crippen LogP contribution >= 0.6 is 0 Å². The Hall–Kier alpha value is -0.530. The number of ether oxygens (including phenoxy) is 1. The second-order valence-electron chi connectivity index (χ2n) is 4.42. The topological polar surface area (TPSA) is 26.3 Å². The molecule has 2 unspecified atom stereocenters. The fourth-order valence-electron chi connectivity index (χ4n) is 2.45. The van der Waals surface area contributed by atoms with Crippen molar-refractivity contribution in [2.45, 2.75) is 51.9 Å². The van der Waals surface area contributed by atoms with E-state index in [0.717, 1.165) is 18.3 Å². The van der Waals surface area contributed by atoms with E-state index in [0.29, 0.717) is 6.42 Å². The molecule has 0 amide bonds. The minimum atomic E-state index is -0.0601. The predicted molar refractivity (Wildman–Crippen MR) is 57.0 cm³/mol. The molecule has 0 spiro atoms. The molecule has 82 valence electrons. The number of methoxy groups -OCH3 is 1. The third kappa shape index (κ3) is 3.69. The van der Waals surface area contributed by atoms with Gasteiger partial charge in [0, 0.05) is 6.42 Å². The first-order chi connectivity index (χ1) is 6.76. The fourth-order valence-corrected chi connectivity index (χ4v) is 2.45. The molecule has 0 heterocycles. The van der Waals surface area contributed by atoms with Crippen LogP contribution in [0.25, 0.3) is 0 Å². The van der Waals surface area contributed by atoms with Crippen LogP contribution in [0, 0.1) is 11.8 Å². The lowest BCUT2D eigenvalue weighted by Gasteiger charge is -2.09. The van der Waals surface area contributed by atoms with Crippen molar-refractivity contribution >= 4 is 5.97 Å². The Bertz CT molecular complexity index is 177. The molecule has 1 aliphatic rings. The Morgan fingerprint density at radius 3 is 2.64 bits per heavy atom. The maximum absolute atomic E-state index is 10.9. The minimum absolute atomic E-state index is 0.0601. The zero-order valence-corrected chi connectivity index (χ0v) is 9.42. The van der Waals surface area contributed by atoms with Crippen molar-refractivity contribution in [1.29, 1.82) is 0 Å². The molecule has 0 saturated heterocycles. The highest BCUT2D eigenvalue weighted by Crippen LogP contribution is 2.35. The molecule has 0 aliphatic heterocycles. The Morgan fingerprint density at radius 1 is 1.36 bits per heavy atom. The van der Waals surface area contributed by atoms with Crippen molar-refractivity contribution in [2.24, 2.45) is 11.8 Å². The monoisotopic (exact) mass is 198 g/mol. The third-order valence-corrected chi connectivity index (χ3v) is 3.45. The van der Waals surface area contributed by atoms with Crippen molar-refractivity contribution in [3.63, 3.8) is 0 Å². The van der Waals surface area contributed by atoms with Crippen LogP contribution in [-0.4, -0.2) is 13.1 Å². The molecule has 2 nitrogen and oxygen atoms in total. The quantitative estimate of drug-likeness (QED) is 0.634. The van der Waals surface area contributed by atoms with Crippen molar-refractivity contribution in [1.82, 2.24) is 0 Å². The molecule has 0 aromatic rings. The lowest BCUT2D eigenvalue weighted by molar-refractivity contribution is -0.140. The molecule has 0 aromatic heterocycles. The van der Waals surface area contributed by atoms with E-state index in [1.807, 2.05) is 0 Å². The third-order valence-electron chi connectivity index (χ3n) is 3.45. The zero-order valence-electron chi connectivity index (χ0n) is 9.42. The van der Waals surface area contributed by atoms with Gasteiger partial charge in [-0.15, -0.1) is 0 Å². The summed E-state index contributed by atoms with van der Waals surface area (Å²) in [7, 11) is 1.46. The molecular formula is C12H22O2. The van der Waals surface area contributed by atoms with Crippen molar-refractivity contribution in [3.05, 3.63) is 0 Å². The summed E-state index contributed by atoms with van der Waals surface area (Å²) in [6.45, 7) is 2.28. The average molecular weight is 198 g/mol. The summed E-state index contributed by atoms with van der Waals surface area (Å²) in [4.78, 5) is 10.9. The van der Waals surface area contributed by atoms with Gasteiger partial charge in [0.05, 0.1) is 7.11 Å². The first kappa shape index (κ1) is 11.5. The maximum atomic E-state index is 10.9. The fraction of sp³-hybridized carbons (Fsp3) is 0.917. The SMILES string of the molecule is CCC1CCC(CCCC(=O)OC)C1. The first-order valence-electron chi connectivity index (χ1n) is 5.83. The largest absolute Gasteiger partial charge is 0.469 e. The lowest BCUT2D eigenvalue weighted by atomic mass is 9.98. The van der Waals surface area contributed by atoms with E-state index in [2.05, 4.69) is 11.7 Å². The van der Waals surface area contributed by atoms with E-state index in [-0.39, 0.29) is 5.97 Å². The molecule has 2 heteroatoms. The Labute approximate surface area is 87.0 Å². The van der Waals surface area contributed by atoms with Crippen molar-refractivity contribution < 1.29 is 9.53 Å². The van der Waals surface area contributed by atoms with E-state index in [1.165, 1.54) is 39.2 Å². The predicted octanol–water partition coefficient (Wildman–Crippen LogP) is 3.16. The van der Waals surface area contributed by atoms with Gasteiger partial charge in [-0.05, 0) is 31.1 Å². The summed E-state index contributed by atoms with van der Waals surface area (Å²) in [6, 6.07) is 0. The van der Waals surface area contributed by atoms with Gasteiger partial charge in [-0.25, -0.2) is 0 Å². The average Bonchev–Trinajstić information content (AvgIpc) is 2.65. The summed E-state index contributed by atoms with van der Waals surface area (Å²) in [6.07, 6.45) is 8.31. The van der Waals surface area contributed by atoms with Crippen LogP contribution < -0.4 is 0 Å². The number of esters is 1. The number of hydrogen-bond acceptors (Lipinski definition) is 2. The smallest absolute Gasteiger partial charge is 0.305 e. The van der Waals surface area contributed by atoms with Crippen molar-refractivity contribution in [3.8, 4) is 0 Å². The van der Waals surface area contributed by atoms with E-state index in [9.17, 15) is 4.79 Å². The number of rotatable bonds is 5. The van der Waals surface area contributed by atoms with Gasteiger partial charge < -0.3 is 4.74 Å². The Balaban J connectivity index is 2.05. The van der Waals surface area contributed by atoms with Gasteiger partial charge in [-0.2, -0.15) is 0 Å². The van der Waals surface area contributed by atoms with E-state index >= 15 is 0 Å². The van der Waals surface area contributed by atoms with Crippen LogP contribution in [0.5, 0.6) is 0 Å². The van der Waals surface area contributed by atoms with Crippen molar-refractivity contribution in [2.75, 3.05) is 7.11 Å². The second-order valence-corrected chi connectivity index (χ2v) is 4.42. The van der Waals surface area contributed by atoms with Crippen LogP contribution in [-0.2, 0) is 9.53 Å². The molecule has 14 heavy (non-hydrogen) atoms. The molecule has 0 aromatic carbocycles. The van der Waals surface area contributed by atoms with Crippen LogP contribution in [0.15, 0.2) is 0 Å². The normalized spacial score (nSPS) is 26.4. The Kier molecular flexibility index (Phi) is 4.99. The molecule has 0 N–H and O–H groups in total. The van der Waals surface area contributed by atoms with E-state index in [4.69, 9.17) is 0 Å². The summed E-state index contributed by atoms with van der Waals surface area (Å²) in [5.41, 5.74) is 0. The molecular weight excluding hydrogens is 176 g/mol. The van der Waals surface area contributed by atoms with Gasteiger partial charge in [0.25, 0.3) is 0 Å². The second kappa shape index (κ2) is 6.05. The standard InChI is InChI=1S/C12H22O2/c1-3-10-7-8-11(9-10)5-4-6-12(13)14-2/h10-11H,3-9H2,1-2H3. The molecule has 1 fully saturated rings. The van der Waals surface area contributed by atoms with Gasteiger partial charge in [0.1, 0.15) is 0 Å². The van der Waals surface area contributed by atoms with Gasteiger partial charge in [0.2, 0.25) is 0 Å². The zero-order chi connectivity index (χ0) is 10.4. The van der Waals surface area contributed by atoms with Gasteiger partial charge >= 0.3 is 5.97 Å². The number of carbonyl (C=O) groups excluding carboxylic acids is 1. The highest BCUT2D eigenvalue weighted by Gasteiger charge is 2.22. The van der Waals surface area contributed by atoms with Crippen LogP contribution in [0.2, 0.25) is 0 Å². The number of carbonyl (C=O) groups is 1. The molecule has 0 radical (unpaired) electrons. The molecule has 1 saturated carbocycles. The summed E-state index contributed by atoms with van der Waals surface area (Å²) in [5, 5.41) is 0. The molecule has 0 bridgehead atoms. The number of hydrogen-bond donors (Lipinski definition) is 0. The van der Waals surface area contributed by atoms with Gasteiger partial charge in [0.15, 0.2) is 0 Å². The van der Waals surface area contributed by atoms with Gasteiger partial charge in [-0.1, -0.05) is 26.2 Å². The molecule has 1 aliphatic carbocycles. The summed E-state index contributed by atoms with van der Waals surface area (Å²) < 4.78 is 4.62. The highest BCUT2D eigenvalue weighted by molar-refractivity contribution is 5.68. The molecule has 2 atom stereocenters. The van der Waals surface area contributed by atoms with Crippen LogP contribution in [0.4, 0.5) is 0 Å².